The number of halogens is 2. The van der Waals surface area contributed by atoms with Crippen LogP contribution in [-0.2, 0) is 6.42 Å². The van der Waals surface area contributed by atoms with Crippen LogP contribution in [0.25, 0.3) is 0 Å². The maximum atomic E-state index is 13.6. The first-order valence-corrected chi connectivity index (χ1v) is 6.59. The second kappa shape index (κ2) is 6.39. The van der Waals surface area contributed by atoms with Crippen LogP contribution in [0.15, 0.2) is 42.5 Å². The minimum atomic E-state index is -0.471. The van der Waals surface area contributed by atoms with Crippen molar-refractivity contribution < 1.29 is 9.18 Å². The summed E-state index contributed by atoms with van der Waals surface area (Å²) in [7, 11) is 0. The van der Waals surface area contributed by atoms with Crippen LogP contribution < -0.4 is 10.6 Å². The predicted octanol–water partition coefficient (Wildman–Crippen LogP) is 4.69. The van der Waals surface area contributed by atoms with Gasteiger partial charge < -0.3 is 10.6 Å². The highest BCUT2D eigenvalue weighted by atomic mass is 35.5. The summed E-state index contributed by atoms with van der Waals surface area (Å²) in [5, 5.41) is 5.60. The lowest BCUT2D eigenvalue weighted by Crippen LogP contribution is -2.19. The van der Waals surface area contributed by atoms with Crippen LogP contribution in [-0.4, -0.2) is 6.03 Å². The summed E-state index contributed by atoms with van der Waals surface area (Å²) in [4.78, 5) is 11.8. The van der Waals surface area contributed by atoms with Gasteiger partial charge in [0.1, 0.15) is 5.82 Å². The van der Waals surface area contributed by atoms with Crippen LogP contribution in [0, 0.1) is 5.82 Å². The molecular formula is C15H14ClFN2O. The lowest BCUT2D eigenvalue weighted by Gasteiger charge is -2.09. The van der Waals surface area contributed by atoms with Gasteiger partial charge >= 0.3 is 6.03 Å². The van der Waals surface area contributed by atoms with E-state index in [1.807, 2.05) is 6.92 Å². The predicted molar refractivity (Wildman–Crippen MR) is 79.9 cm³/mol. The molecule has 0 atom stereocenters. The van der Waals surface area contributed by atoms with Crippen LogP contribution in [0.5, 0.6) is 0 Å². The minimum Gasteiger partial charge on any atom is -0.308 e. The Morgan fingerprint density at radius 1 is 1.20 bits per heavy atom. The molecule has 0 aliphatic carbocycles. The minimum absolute atomic E-state index is 0.331. The molecule has 2 aromatic rings. The van der Waals surface area contributed by atoms with Crippen molar-refractivity contribution in [1.82, 2.24) is 0 Å². The van der Waals surface area contributed by atoms with Crippen LogP contribution >= 0.6 is 11.6 Å². The zero-order valence-corrected chi connectivity index (χ0v) is 11.7. The van der Waals surface area contributed by atoms with E-state index >= 15 is 0 Å². The third-order valence-corrected chi connectivity index (χ3v) is 3.14. The Morgan fingerprint density at radius 2 is 1.95 bits per heavy atom. The lowest BCUT2D eigenvalue weighted by atomic mass is 10.1. The van der Waals surface area contributed by atoms with E-state index in [1.54, 1.807) is 36.4 Å². The van der Waals surface area contributed by atoms with Crippen LogP contribution in [0.1, 0.15) is 12.5 Å². The molecule has 2 aromatic carbocycles. The zero-order valence-electron chi connectivity index (χ0n) is 10.9. The Hall–Kier alpha value is -2.07. The molecule has 0 bridgehead atoms. The summed E-state index contributed by atoms with van der Waals surface area (Å²) in [5.41, 5.74) is 1.50. The van der Waals surface area contributed by atoms with E-state index in [0.29, 0.717) is 28.4 Å². The summed E-state index contributed by atoms with van der Waals surface area (Å²) in [6.07, 6.45) is 0.609. The highest BCUT2D eigenvalue weighted by Crippen LogP contribution is 2.21. The molecule has 104 valence electrons. The topological polar surface area (TPSA) is 41.1 Å². The summed E-state index contributed by atoms with van der Waals surface area (Å²) >= 11 is 5.93. The number of aryl methyl sites for hydroxylation is 1. The number of hydrogen-bond acceptors (Lipinski definition) is 1. The van der Waals surface area contributed by atoms with Gasteiger partial charge in [-0.25, -0.2) is 9.18 Å². The van der Waals surface area contributed by atoms with Crippen molar-refractivity contribution >= 4 is 29.0 Å². The maximum absolute atomic E-state index is 13.6. The van der Waals surface area contributed by atoms with Gasteiger partial charge in [0.15, 0.2) is 0 Å². The fourth-order valence-corrected chi connectivity index (χ4v) is 1.94. The van der Waals surface area contributed by atoms with E-state index in [4.69, 9.17) is 11.6 Å². The molecule has 5 heteroatoms. The second-order valence-corrected chi connectivity index (χ2v) is 4.63. The number of hydrogen-bond donors (Lipinski definition) is 2. The average Bonchev–Trinajstić information content (AvgIpc) is 2.41. The average molecular weight is 293 g/mol. The molecule has 0 fully saturated rings. The molecule has 0 aliphatic rings. The second-order valence-electron chi connectivity index (χ2n) is 4.22. The molecule has 0 saturated carbocycles. The number of para-hydroxylation sites is 1. The first-order chi connectivity index (χ1) is 9.60. The summed E-state index contributed by atoms with van der Waals surface area (Å²) in [6, 6.07) is 11.0. The molecule has 0 saturated heterocycles. The molecule has 0 unspecified atom stereocenters. The summed E-state index contributed by atoms with van der Waals surface area (Å²) < 4.78 is 13.6. The molecule has 2 N–H and O–H groups in total. The zero-order chi connectivity index (χ0) is 14.5. The number of anilines is 2. The van der Waals surface area contributed by atoms with Gasteiger partial charge in [-0.3, -0.25) is 0 Å². The third kappa shape index (κ3) is 3.48. The first kappa shape index (κ1) is 14.3. The smallest absolute Gasteiger partial charge is 0.308 e. The highest BCUT2D eigenvalue weighted by molar-refractivity contribution is 6.33. The number of nitrogens with one attached hydrogen (secondary N) is 2. The Labute approximate surface area is 121 Å². The molecule has 3 nitrogen and oxygen atoms in total. The van der Waals surface area contributed by atoms with Crippen molar-refractivity contribution in [2.24, 2.45) is 0 Å². The standard InChI is InChI=1S/C15H14ClFN2O/c1-2-10-7-8-11(9-13(10)17)18-15(20)19-14-6-4-3-5-12(14)16/h3-9H,2H2,1H3,(H2,18,19,20). The molecule has 2 amide bonds. The Kier molecular flexibility index (Phi) is 4.58. The lowest BCUT2D eigenvalue weighted by molar-refractivity contribution is 0.262. The summed E-state index contributed by atoms with van der Waals surface area (Å²) in [6.45, 7) is 1.87. The monoisotopic (exact) mass is 292 g/mol. The fourth-order valence-electron chi connectivity index (χ4n) is 1.76. The summed E-state index contributed by atoms with van der Waals surface area (Å²) in [5.74, 6) is -0.331. The van der Waals surface area contributed by atoms with Crippen molar-refractivity contribution in [2.75, 3.05) is 10.6 Å². The Bertz CT molecular complexity index is 631. The molecule has 0 spiro atoms. The quantitative estimate of drug-likeness (QED) is 0.847. The highest BCUT2D eigenvalue weighted by Gasteiger charge is 2.07. The van der Waals surface area contributed by atoms with Gasteiger partial charge in [-0.15, -0.1) is 0 Å². The number of urea groups is 1. The molecule has 2 rings (SSSR count). The van der Waals surface area contributed by atoms with Crippen LogP contribution in [0.2, 0.25) is 5.02 Å². The SMILES string of the molecule is CCc1ccc(NC(=O)Nc2ccccc2Cl)cc1F. The fraction of sp³-hybridized carbons (Fsp3) is 0.133. The third-order valence-electron chi connectivity index (χ3n) is 2.81. The van der Waals surface area contributed by atoms with E-state index in [1.165, 1.54) is 6.07 Å². The first-order valence-electron chi connectivity index (χ1n) is 6.21. The molecular weight excluding hydrogens is 279 g/mol. The largest absolute Gasteiger partial charge is 0.323 e. The Morgan fingerprint density at radius 3 is 2.60 bits per heavy atom. The van der Waals surface area contributed by atoms with E-state index in [9.17, 15) is 9.18 Å². The molecule has 20 heavy (non-hydrogen) atoms. The van der Waals surface area contributed by atoms with E-state index in [2.05, 4.69) is 10.6 Å². The number of benzene rings is 2. The van der Waals surface area contributed by atoms with Gasteiger partial charge in [0, 0.05) is 5.69 Å². The molecule has 0 aromatic heterocycles. The van der Waals surface area contributed by atoms with Gasteiger partial charge in [0.2, 0.25) is 0 Å². The van der Waals surface area contributed by atoms with Crippen molar-refractivity contribution in [2.45, 2.75) is 13.3 Å². The number of rotatable bonds is 3. The van der Waals surface area contributed by atoms with Crippen molar-refractivity contribution in [3.05, 3.63) is 58.9 Å². The molecule has 0 heterocycles. The van der Waals surface area contributed by atoms with Gasteiger partial charge in [0.25, 0.3) is 0 Å². The van der Waals surface area contributed by atoms with Gasteiger partial charge in [-0.1, -0.05) is 36.7 Å². The number of amides is 2. The van der Waals surface area contributed by atoms with Gasteiger partial charge in [0.05, 0.1) is 10.7 Å². The number of carbonyl (C=O) groups excluding carboxylic acids is 1. The van der Waals surface area contributed by atoms with Crippen LogP contribution in [0.3, 0.4) is 0 Å². The van der Waals surface area contributed by atoms with Crippen molar-refractivity contribution in [3.63, 3.8) is 0 Å². The van der Waals surface area contributed by atoms with Gasteiger partial charge in [-0.05, 0) is 36.2 Å². The van der Waals surface area contributed by atoms with E-state index in [0.717, 1.165) is 0 Å². The van der Waals surface area contributed by atoms with E-state index < -0.39 is 6.03 Å². The Balaban J connectivity index is 2.05. The van der Waals surface area contributed by atoms with E-state index in [-0.39, 0.29) is 5.82 Å². The molecule has 0 aliphatic heterocycles. The molecule has 0 radical (unpaired) electrons. The number of carbonyl (C=O) groups is 1. The maximum Gasteiger partial charge on any atom is 0.323 e. The van der Waals surface area contributed by atoms with Crippen molar-refractivity contribution in [3.8, 4) is 0 Å². The van der Waals surface area contributed by atoms with Crippen LogP contribution in [0.4, 0.5) is 20.6 Å². The van der Waals surface area contributed by atoms with Crippen molar-refractivity contribution in [1.29, 1.82) is 0 Å². The van der Waals surface area contributed by atoms with Gasteiger partial charge in [-0.2, -0.15) is 0 Å². The normalized spacial score (nSPS) is 10.2.